The molecule has 1 heterocycles. The molecule has 22 heavy (non-hydrogen) atoms. The average Bonchev–Trinajstić information content (AvgIpc) is 2.47. The highest BCUT2D eigenvalue weighted by Crippen LogP contribution is 2.28. The Morgan fingerprint density at radius 2 is 1.77 bits per heavy atom. The molecule has 0 aromatic heterocycles. The molecule has 0 spiro atoms. The predicted octanol–water partition coefficient (Wildman–Crippen LogP) is 4.31. The molecule has 2 atom stereocenters. The highest BCUT2D eigenvalue weighted by molar-refractivity contribution is 6.30. The molecule has 1 aliphatic heterocycles. The third-order valence-electron chi connectivity index (χ3n) is 4.20. The van der Waals surface area contributed by atoms with Gasteiger partial charge in [0.1, 0.15) is 0 Å². The summed E-state index contributed by atoms with van der Waals surface area (Å²) in [7, 11) is 0. The molecule has 2 unspecified atom stereocenters. The summed E-state index contributed by atoms with van der Waals surface area (Å²) in [5.74, 6) is 0.459. The number of benzene rings is 2. The number of hydrogen-bond donors (Lipinski definition) is 1. The highest BCUT2D eigenvalue weighted by Gasteiger charge is 2.26. The fourth-order valence-electron chi connectivity index (χ4n) is 3.23. The first-order valence-corrected chi connectivity index (χ1v) is 8.33. The minimum atomic E-state index is 0.202. The molecule has 0 saturated carbocycles. The minimum Gasteiger partial charge on any atom is -0.327 e. The van der Waals surface area contributed by atoms with Crippen LogP contribution in [0.5, 0.6) is 0 Å². The molecule has 0 amide bonds. The molecule has 1 aliphatic rings. The second kappa shape index (κ2) is 7.01. The zero-order valence-corrected chi connectivity index (χ0v) is 13.9. The van der Waals surface area contributed by atoms with Crippen LogP contribution in [-0.4, -0.2) is 24.0 Å². The number of nitrogens with two attached hydrogens (primary N) is 1. The summed E-state index contributed by atoms with van der Waals surface area (Å²) < 4.78 is 0. The van der Waals surface area contributed by atoms with Crippen molar-refractivity contribution in [2.75, 3.05) is 13.1 Å². The van der Waals surface area contributed by atoms with Gasteiger partial charge in [0.15, 0.2) is 0 Å². The summed E-state index contributed by atoms with van der Waals surface area (Å²) in [5.41, 5.74) is 8.82. The lowest BCUT2D eigenvalue weighted by molar-refractivity contribution is 0.181. The summed E-state index contributed by atoms with van der Waals surface area (Å²) in [6.07, 6.45) is 1.02. The van der Waals surface area contributed by atoms with E-state index in [0.29, 0.717) is 5.92 Å². The van der Waals surface area contributed by atoms with E-state index in [1.165, 1.54) is 11.1 Å². The number of likely N-dealkylation sites (tertiary alicyclic amines) is 1. The van der Waals surface area contributed by atoms with Crippen LogP contribution in [0.25, 0.3) is 0 Å². The van der Waals surface area contributed by atoms with Gasteiger partial charge in [-0.3, -0.25) is 4.90 Å². The van der Waals surface area contributed by atoms with Gasteiger partial charge in [-0.1, -0.05) is 47.5 Å². The van der Waals surface area contributed by atoms with Crippen molar-refractivity contribution in [2.24, 2.45) is 5.73 Å². The SMILES string of the molecule is NC1CC(c2ccc(Cl)cc2)CN(Cc2cccc(Cl)c2)C1. The number of hydrogen-bond acceptors (Lipinski definition) is 2. The standard InChI is InChI=1S/C18H20Cl2N2/c19-16-6-4-14(5-7-16)15-9-18(21)12-22(11-15)10-13-2-1-3-17(20)8-13/h1-8,15,18H,9-12,21H2. The Hall–Kier alpha value is -1.06. The molecular formula is C18H20Cl2N2. The molecule has 1 fully saturated rings. The topological polar surface area (TPSA) is 29.3 Å². The van der Waals surface area contributed by atoms with Crippen LogP contribution in [-0.2, 0) is 6.54 Å². The van der Waals surface area contributed by atoms with Crippen LogP contribution in [0.2, 0.25) is 10.0 Å². The average molecular weight is 335 g/mol. The first-order chi connectivity index (χ1) is 10.6. The lowest BCUT2D eigenvalue weighted by atomic mass is 9.88. The van der Waals surface area contributed by atoms with E-state index in [1.807, 2.05) is 30.3 Å². The van der Waals surface area contributed by atoms with E-state index in [9.17, 15) is 0 Å². The van der Waals surface area contributed by atoms with E-state index < -0.39 is 0 Å². The van der Waals surface area contributed by atoms with Crippen LogP contribution in [0.3, 0.4) is 0 Å². The molecule has 0 bridgehead atoms. The van der Waals surface area contributed by atoms with E-state index in [2.05, 4.69) is 23.1 Å². The maximum Gasteiger partial charge on any atom is 0.0409 e. The van der Waals surface area contributed by atoms with E-state index in [1.54, 1.807) is 0 Å². The maximum absolute atomic E-state index is 6.27. The molecular weight excluding hydrogens is 315 g/mol. The van der Waals surface area contributed by atoms with Gasteiger partial charge >= 0.3 is 0 Å². The fourth-order valence-corrected chi connectivity index (χ4v) is 3.57. The van der Waals surface area contributed by atoms with E-state index in [0.717, 1.165) is 36.1 Å². The van der Waals surface area contributed by atoms with Crippen molar-refractivity contribution in [3.05, 3.63) is 69.7 Å². The summed E-state index contributed by atoms with van der Waals surface area (Å²) in [6.45, 7) is 2.83. The molecule has 0 radical (unpaired) electrons. The van der Waals surface area contributed by atoms with Gasteiger partial charge in [-0.25, -0.2) is 0 Å². The lowest BCUT2D eigenvalue weighted by Crippen LogP contribution is -2.45. The first kappa shape index (κ1) is 15.8. The van der Waals surface area contributed by atoms with E-state index in [-0.39, 0.29) is 6.04 Å². The summed E-state index contributed by atoms with van der Waals surface area (Å²) in [4.78, 5) is 2.42. The molecule has 0 aliphatic carbocycles. The fraction of sp³-hybridized carbons (Fsp3) is 0.333. The lowest BCUT2D eigenvalue weighted by Gasteiger charge is -2.36. The maximum atomic E-state index is 6.27. The molecule has 4 heteroatoms. The van der Waals surface area contributed by atoms with Gasteiger partial charge in [0.2, 0.25) is 0 Å². The predicted molar refractivity (Wildman–Crippen MR) is 93.5 cm³/mol. The summed E-state index contributed by atoms with van der Waals surface area (Å²) in [5, 5.41) is 1.56. The highest BCUT2D eigenvalue weighted by atomic mass is 35.5. The van der Waals surface area contributed by atoms with Gasteiger partial charge < -0.3 is 5.73 Å². The number of halogens is 2. The van der Waals surface area contributed by atoms with Crippen molar-refractivity contribution in [1.29, 1.82) is 0 Å². The largest absolute Gasteiger partial charge is 0.327 e. The Morgan fingerprint density at radius 1 is 1.00 bits per heavy atom. The zero-order valence-electron chi connectivity index (χ0n) is 12.4. The van der Waals surface area contributed by atoms with E-state index >= 15 is 0 Å². The molecule has 116 valence electrons. The normalized spacial score (nSPS) is 22.7. The Morgan fingerprint density at radius 3 is 2.50 bits per heavy atom. The Kier molecular flexibility index (Phi) is 5.04. The quantitative estimate of drug-likeness (QED) is 0.906. The third kappa shape index (κ3) is 4.02. The monoisotopic (exact) mass is 334 g/mol. The third-order valence-corrected chi connectivity index (χ3v) is 4.68. The zero-order chi connectivity index (χ0) is 15.5. The van der Waals surface area contributed by atoms with Crippen molar-refractivity contribution in [2.45, 2.75) is 24.9 Å². The van der Waals surface area contributed by atoms with Crippen LogP contribution in [0.15, 0.2) is 48.5 Å². The Bertz CT molecular complexity index is 627. The van der Waals surface area contributed by atoms with Crippen LogP contribution >= 0.6 is 23.2 Å². The minimum absolute atomic E-state index is 0.202. The number of piperidine rings is 1. The summed E-state index contributed by atoms with van der Waals surface area (Å²) >= 11 is 12.1. The molecule has 2 aromatic carbocycles. The smallest absolute Gasteiger partial charge is 0.0409 e. The van der Waals surface area contributed by atoms with Gasteiger partial charge in [-0.15, -0.1) is 0 Å². The Labute approximate surface area is 141 Å². The molecule has 2 aromatic rings. The van der Waals surface area contributed by atoms with Crippen molar-refractivity contribution < 1.29 is 0 Å². The van der Waals surface area contributed by atoms with E-state index in [4.69, 9.17) is 28.9 Å². The second-order valence-corrected chi connectivity index (χ2v) is 6.94. The van der Waals surface area contributed by atoms with Crippen molar-refractivity contribution in [1.82, 2.24) is 4.90 Å². The van der Waals surface area contributed by atoms with Crippen LogP contribution < -0.4 is 5.73 Å². The van der Waals surface area contributed by atoms with Gasteiger partial charge in [0, 0.05) is 35.7 Å². The van der Waals surface area contributed by atoms with Gasteiger partial charge in [0.25, 0.3) is 0 Å². The van der Waals surface area contributed by atoms with Gasteiger partial charge in [0.05, 0.1) is 0 Å². The van der Waals surface area contributed by atoms with Crippen LogP contribution in [0, 0.1) is 0 Å². The van der Waals surface area contributed by atoms with Gasteiger partial charge in [-0.05, 0) is 47.7 Å². The van der Waals surface area contributed by atoms with Crippen molar-refractivity contribution in [3.63, 3.8) is 0 Å². The number of rotatable bonds is 3. The molecule has 1 saturated heterocycles. The summed E-state index contributed by atoms with van der Waals surface area (Å²) in [6, 6.07) is 16.4. The van der Waals surface area contributed by atoms with Crippen molar-refractivity contribution in [3.8, 4) is 0 Å². The first-order valence-electron chi connectivity index (χ1n) is 7.58. The van der Waals surface area contributed by atoms with Crippen LogP contribution in [0.1, 0.15) is 23.5 Å². The second-order valence-electron chi connectivity index (χ2n) is 6.07. The molecule has 2 nitrogen and oxygen atoms in total. The Balaban J connectivity index is 1.72. The molecule has 2 N–H and O–H groups in total. The molecule has 3 rings (SSSR count). The van der Waals surface area contributed by atoms with Gasteiger partial charge in [-0.2, -0.15) is 0 Å². The van der Waals surface area contributed by atoms with Crippen LogP contribution in [0.4, 0.5) is 0 Å². The number of nitrogens with zero attached hydrogens (tertiary/aromatic N) is 1. The van der Waals surface area contributed by atoms with Crippen molar-refractivity contribution >= 4 is 23.2 Å².